The predicted octanol–water partition coefficient (Wildman–Crippen LogP) is 3.50. The predicted molar refractivity (Wildman–Crippen MR) is 76.9 cm³/mol. The first-order chi connectivity index (χ1) is 8.18. The molecular formula is C12H12ClNOS2. The average Bonchev–Trinajstić information content (AvgIpc) is 2.69. The number of likely N-dealkylation sites (N-methyl/N-ethyl adjacent to an activating group) is 1. The van der Waals surface area contributed by atoms with Gasteiger partial charge in [-0.25, -0.2) is 0 Å². The standard InChI is InChI=1S/C12H12ClNOS2/c1-14(11-10(13)12(15)17-16-11)8-7-9-5-3-2-4-6-9/h2-6H,7-8H2,1H3. The summed E-state index contributed by atoms with van der Waals surface area (Å²) in [5.41, 5.74) is 1.29. The van der Waals surface area contributed by atoms with E-state index < -0.39 is 0 Å². The Hall–Kier alpha value is -0.840. The fraction of sp³-hybridized carbons (Fsp3) is 0.250. The van der Waals surface area contributed by atoms with Crippen LogP contribution in [0.15, 0.2) is 35.1 Å². The van der Waals surface area contributed by atoms with Gasteiger partial charge in [0.2, 0.25) is 0 Å². The lowest BCUT2D eigenvalue weighted by Gasteiger charge is -2.16. The molecule has 0 radical (unpaired) electrons. The Balaban J connectivity index is 2.01. The maximum atomic E-state index is 11.3. The van der Waals surface area contributed by atoms with E-state index in [-0.39, 0.29) is 4.74 Å². The molecule has 0 fully saturated rings. The Labute approximate surface area is 112 Å². The zero-order valence-corrected chi connectivity index (χ0v) is 11.7. The number of hydrogen-bond acceptors (Lipinski definition) is 4. The highest BCUT2D eigenvalue weighted by molar-refractivity contribution is 7.70. The Bertz CT molecular complexity index is 535. The van der Waals surface area contributed by atoms with E-state index in [1.807, 2.05) is 30.1 Å². The van der Waals surface area contributed by atoms with Gasteiger partial charge in [0.05, 0.1) is 0 Å². The summed E-state index contributed by atoms with van der Waals surface area (Å²) in [5.74, 6) is 0. The molecule has 1 aromatic heterocycles. The molecule has 5 heteroatoms. The highest BCUT2D eigenvalue weighted by Gasteiger charge is 2.12. The van der Waals surface area contributed by atoms with Crippen molar-refractivity contribution in [1.82, 2.24) is 0 Å². The summed E-state index contributed by atoms with van der Waals surface area (Å²) in [5, 5.41) is 1.23. The highest BCUT2D eigenvalue weighted by atomic mass is 35.5. The van der Waals surface area contributed by atoms with E-state index in [2.05, 4.69) is 12.1 Å². The summed E-state index contributed by atoms with van der Waals surface area (Å²) >= 11 is 5.95. The van der Waals surface area contributed by atoms with Gasteiger partial charge in [-0.3, -0.25) is 4.79 Å². The Kier molecular flexibility index (Phi) is 4.20. The van der Waals surface area contributed by atoms with E-state index in [1.54, 1.807) is 0 Å². The van der Waals surface area contributed by atoms with Gasteiger partial charge in [-0.15, -0.1) is 0 Å². The molecule has 0 saturated carbocycles. The third kappa shape index (κ3) is 3.09. The largest absolute Gasteiger partial charge is 0.364 e. The first-order valence-corrected chi connectivity index (χ1v) is 7.75. The molecule has 0 spiro atoms. The summed E-state index contributed by atoms with van der Waals surface area (Å²) in [7, 11) is 4.60. The lowest BCUT2D eigenvalue weighted by molar-refractivity contribution is 0.885. The molecule has 0 atom stereocenters. The van der Waals surface area contributed by atoms with Gasteiger partial charge in [-0.2, -0.15) is 0 Å². The van der Waals surface area contributed by atoms with Gasteiger partial charge < -0.3 is 4.90 Å². The first kappa shape index (κ1) is 12.6. The molecule has 0 aliphatic heterocycles. The van der Waals surface area contributed by atoms with Crippen LogP contribution in [0.2, 0.25) is 5.02 Å². The second-order valence-electron chi connectivity index (χ2n) is 3.73. The van der Waals surface area contributed by atoms with Crippen LogP contribution in [0.25, 0.3) is 0 Å². The van der Waals surface area contributed by atoms with Gasteiger partial charge in [-0.1, -0.05) is 52.3 Å². The number of hydrogen-bond donors (Lipinski definition) is 0. The number of benzene rings is 1. The van der Waals surface area contributed by atoms with Crippen molar-refractivity contribution in [3.8, 4) is 0 Å². The van der Waals surface area contributed by atoms with Crippen LogP contribution in [0, 0.1) is 0 Å². The molecule has 0 aliphatic carbocycles. The molecule has 0 unspecified atom stereocenters. The number of anilines is 1. The first-order valence-electron chi connectivity index (χ1n) is 5.22. The van der Waals surface area contributed by atoms with Crippen molar-refractivity contribution >= 4 is 37.3 Å². The van der Waals surface area contributed by atoms with Crippen molar-refractivity contribution in [2.24, 2.45) is 0 Å². The zero-order chi connectivity index (χ0) is 12.3. The maximum Gasteiger partial charge on any atom is 0.263 e. The van der Waals surface area contributed by atoms with Crippen molar-refractivity contribution in [2.75, 3.05) is 18.5 Å². The molecule has 0 bridgehead atoms. The highest BCUT2D eigenvalue weighted by Crippen LogP contribution is 2.30. The Morgan fingerprint density at radius 3 is 2.53 bits per heavy atom. The monoisotopic (exact) mass is 285 g/mol. The zero-order valence-electron chi connectivity index (χ0n) is 9.35. The van der Waals surface area contributed by atoms with Crippen LogP contribution in [0.3, 0.4) is 0 Å². The summed E-state index contributed by atoms with van der Waals surface area (Å²) in [6, 6.07) is 10.3. The van der Waals surface area contributed by atoms with Crippen molar-refractivity contribution in [2.45, 2.75) is 6.42 Å². The number of halogens is 1. The van der Waals surface area contributed by atoms with E-state index in [9.17, 15) is 4.79 Å². The van der Waals surface area contributed by atoms with Crippen LogP contribution in [0.4, 0.5) is 5.00 Å². The van der Waals surface area contributed by atoms with Gasteiger partial charge >= 0.3 is 0 Å². The van der Waals surface area contributed by atoms with Gasteiger partial charge in [-0.05, 0) is 22.3 Å². The minimum atomic E-state index is -0.0433. The lowest BCUT2D eigenvalue weighted by Crippen LogP contribution is -2.20. The van der Waals surface area contributed by atoms with E-state index in [0.717, 1.165) is 18.0 Å². The van der Waals surface area contributed by atoms with Crippen molar-refractivity contribution in [3.05, 3.63) is 50.5 Å². The summed E-state index contributed by atoms with van der Waals surface area (Å²) in [6.45, 7) is 0.858. The molecule has 17 heavy (non-hydrogen) atoms. The van der Waals surface area contributed by atoms with Crippen LogP contribution < -0.4 is 9.64 Å². The lowest BCUT2D eigenvalue weighted by atomic mass is 10.1. The van der Waals surface area contributed by atoms with Crippen molar-refractivity contribution in [1.29, 1.82) is 0 Å². The van der Waals surface area contributed by atoms with Gasteiger partial charge in [0.1, 0.15) is 10.0 Å². The van der Waals surface area contributed by atoms with Gasteiger partial charge in [0.25, 0.3) is 4.74 Å². The smallest absolute Gasteiger partial charge is 0.263 e. The van der Waals surface area contributed by atoms with Crippen molar-refractivity contribution < 1.29 is 0 Å². The van der Waals surface area contributed by atoms with Gasteiger partial charge in [0, 0.05) is 13.6 Å². The normalized spacial score (nSPS) is 10.5. The maximum absolute atomic E-state index is 11.3. The van der Waals surface area contributed by atoms with Crippen LogP contribution in [-0.4, -0.2) is 13.6 Å². The number of nitrogens with zero attached hydrogens (tertiary/aromatic N) is 1. The topological polar surface area (TPSA) is 20.3 Å². The summed E-state index contributed by atoms with van der Waals surface area (Å²) in [6.07, 6.45) is 0.949. The fourth-order valence-electron chi connectivity index (χ4n) is 1.51. The molecule has 1 heterocycles. The quantitative estimate of drug-likeness (QED) is 0.802. The van der Waals surface area contributed by atoms with Crippen LogP contribution in [-0.2, 0) is 6.42 Å². The molecule has 0 N–H and O–H groups in total. The molecule has 2 aromatic rings. The molecule has 1 aromatic carbocycles. The van der Waals surface area contributed by atoms with E-state index in [0.29, 0.717) is 5.02 Å². The SMILES string of the molecule is CN(CCc1ccccc1)c1ssc(=O)c1Cl. The molecule has 90 valence electrons. The second kappa shape index (κ2) is 5.67. The van der Waals surface area contributed by atoms with Crippen molar-refractivity contribution in [3.63, 3.8) is 0 Å². The molecule has 2 rings (SSSR count). The minimum Gasteiger partial charge on any atom is -0.364 e. The number of rotatable bonds is 4. The molecule has 2 nitrogen and oxygen atoms in total. The third-order valence-corrected chi connectivity index (χ3v) is 5.35. The fourth-order valence-corrected chi connectivity index (χ4v) is 4.28. The van der Waals surface area contributed by atoms with Gasteiger partial charge in [0.15, 0.2) is 0 Å². The summed E-state index contributed by atoms with van der Waals surface area (Å²) < 4.78 is -0.0433. The summed E-state index contributed by atoms with van der Waals surface area (Å²) in [4.78, 5) is 13.3. The van der Waals surface area contributed by atoms with E-state index in [1.165, 1.54) is 26.2 Å². The average molecular weight is 286 g/mol. The van der Waals surface area contributed by atoms with Crippen LogP contribution in [0.5, 0.6) is 0 Å². The Morgan fingerprint density at radius 2 is 1.94 bits per heavy atom. The molecule has 0 saturated heterocycles. The third-order valence-electron chi connectivity index (χ3n) is 2.49. The second-order valence-corrected chi connectivity index (χ2v) is 6.20. The minimum absolute atomic E-state index is 0.0433. The van der Waals surface area contributed by atoms with E-state index >= 15 is 0 Å². The molecule has 0 aliphatic rings. The molecule has 0 amide bonds. The molecular weight excluding hydrogens is 274 g/mol. The van der Waals surface area contributed by atoms with Crippen LogP contribution in [0.1, 0.15) is 5.56 Å². The van der Waals surface area contributed by atoms with Crippen LogP contribution >= 0.6 is 32.3 Å². The van der Waals surface area contributed by atoms with E-state index in [4.69, 9.17) is 11.6 Å². The Morgan fingerprint density at radius 1 is 1.24 bits per heavy atom.